The molecule has 27 heavy (non-hydrogen) atoms. The Morgan fingerprint density at radius 3 is 2.56 bits per heavy atom. The van der Waals surface area contributed by atoms with Crippen molar-refractivity contribution >= 4 is 12.0 Å². The van der Waals surface area contributed by atoms with Crippen LogP contribution in [0.2, 0.25) is 0 Å². The Labute approximate surface area is 159 Å². The summed E-state index contributed by atoms with van der Waals surface area (Å²) in [7, 11) is 0. The van der Waals surface area contributed by atoms with Crippen molar-refractivity contribution in [1.82, 2.24) is 15.2 Å². The van der Waals surface area contributed by atoms with Crippen molar-refractivity contribution < 1.29 is 14.3 Å². The Kier molecular flexibility index (Phi) is 3.44. The van der Waals surface area contributed by atoms with Gasteiger partial charge in [0.2, 0.25) is 5.91 Å². The quantitative estimate of drug-likeness (QED) is 0.869. The zero-order chi connectivity index (χ0) is 19.0. The van der Waals surface area contributed by atoms with Gasteiger partial charge in [0, 0.05) is 41.7 Å². The van der Waals surface area contributed by atoms with Gasteiger partial charge in [-0.25, -0.2) is 4.79 Å². The molecule has 2 aliphatic heterocycles. The normalized spacial score (nSPS) is 36.9. The standard InChI is InChI=1S/C21H27N3O3/c1-20(2,3)16-6-4-5-15(22-16)17-13-9-24(10-14(13)17)18(25)12-7-21(8-12)11-27-19(26)23-21/h4-6,12-14,17H,7-11H2,1-3H3,(H,23,26)/t12?,13-,14+,17?,21?. The number of likely N-dealkylation sites (tertiary alicyclic amines) is 1. The van der Waals surface area contributed by atoms with E-state index >= 15 is 0 Å². The number of pyridine rings is 1. The predicted molar refractivity (Wildman–Crippen MR) is 99.2 cm³/mol. The maximum Gasteiger partial charge on any atom is 0.407 e. The van der Waals surface area contributed by atoms with E-state index in [1.54, 1.807) is 0 Å². The highest BCUT2D eigenvalue weighted by atomic mass is 16.6. The minimum Gasteiger partial charge on any atom is -0.447 e. The molecule has 5 rings (SSSR count). The molecular formula is C21H27N3O3. The molecule has 2 saturated heterocycles. The van der Waals surface area contributed by atoms with Crippen molar-refractivity contribution in [2.24, 2.45) is 17.8 Å². The Hall–Kier alpha value is -2.11. The molecule has 3 atom stereocenters. The van der Waals surface area contributed by atoms with Gasteiger partial charge in [-0.05, 0) is 36.8 Å². The van der Waals surface area contributed by atoms with Crippen LogP contribution in [0.15, 0.2) is 18.2 Å². The van der Waals surface area contributed by atoms with E-state index in [-0.39, 0.29) is 28.9 Å². The van der Waals surface area contributed by atoms with Gasteiger partial charge >= 0.3 is 6.09 Å². The number of hydrogen-bond donors (Lipinski definition) is 1. The molecular weight excluding hydrogens is 342 g/mol. The van der Waals surface area contributed by atoms with Crippen LogP contribution in [0.5, 0.6) is 0 Å². The van der Waals surface area contributed by atoms with Crippen LogP contribution in [0.4, 0.5) is 4.79 Å². The highest BCUT2D eigenvalue weighted by molar-refractivity contribution is 5.82. The number of piperidine rings is 1. The van der Waals surface area contributed by atoms with Crippen LogP contribution < -0.4 is 5.32 Å². The number of ether oxygens (including phenoxy) is 1. The van der Waals surface area contributed by atoms with Crippen LogP contribution >= 0.6 is 0 Å². The Morgan fingerprint density at radius 1 is 1.26 bits per heavy atom. The number of carbonyl (C=O) groups excluding carboxylic acids is 2. The van der Waals surface area contributed by atoms with Crippen LogP contribution in [-0.2, 0) is 14.9 Å². The van der Waals surface area contributed by atoms with Crippen molar-refractivity contribution in [3.8, 4) is 0 Å². The smallest absolute Gasteiger partial charge is 0.407 e. The molecule has 2 amide bonds. The number of carbonyl (C=O) groups is 2. The highest BCUT2D eigenvalue weighted by Crippen LogP contribution is 2.58. The molecule has 144 valence electrons. The molecule has 1 N–H and O–H groups in total. The Balaban J connectivity index is 1.18. The fraction of sp³-hybridized carbons (Fsp3) is 0.667. The molecule has 4 aliphatic rings. The number of cyclic esters (lactones) is 1. The monoisotopic (exact) mass is 369 g/mol. The second kappa shape index (κ2) is 5.46. The van der Waals surface area contributed by atoms with Crippen LogP contribution in [0.3, 0.4) is 0 Å². The second-order valence-corrected chi connectivity index (χ2v) is 9.88. The molecule has 3 heterocycles. The van der Waals surface area contributed by atoms with E-state index in [1.165, 1.54) is 5.69 Å². The fourth-order valence-electron chi connectivity index (χ4n) is 5.23. The summed E-state index contributed by atoms with van der Waals surface area (Å²) in [6.45, 7) is 8.67. The number of rotatable bonds is 2. The zero-order valence-electron chi connectivity index (χ0n) is 16.2. The van der Waals surface area contributed by atoms with Crippen molar-refractivity contribution in [3.05, 3.63) is 29.6 Å². The van der Waals surface area contributed by atoms with E-state index in [4.69, 9.17) is 9.72 Å². The number of aromatic nitrogens is 1. The SMILES string of the molecule is CC(C)(C)c1cccc(C2[C@H]3CN(C(=O)C4CC5(COC(=O)N5)C4)C[C@@H]23)n1. The van der Waals surface area contributed by atoms with Gasteiger partial charge in [-0.15, -0.1) is 0 Å². The van der Waals surface area contributed by atoms with Crippen LogP contribution in [0.1, 0.15) is 50.9 Å². The largest absolute Gasteiger partial charge is 0.447 e. The third kappa shape index (κ3) is 2.72. The molecule has 0 radical (unpaired) electrons. The molecule has 1 aromatic heterocycles. The van der Waals surface area contributed by atoms with Gasteiger partial charge in [0.05, 0.1) is 5.54 Å². The van der Waals surface area contributed by atoms with Gasteiger partial charge in [0.25, 0.3) is 0 Å². The van der Waals surface area contributed by atoms with E-state index in [1.807, 2.05) is 4.90 Å². The third-order valence-corrected chi connectivity index (χ3v) is 6.86. The maximum absolute atomic E-state index is 12.8. The summed E-state index contributed by atoms with van der Waals surface area (Å²) in [4.78, 5) is 31.0. The van der Waals surface area contributed by atoms with Crippen molar-refractivity contribution in [3.63, 3.8) is 0 Å². The van der Waals surface area contributed by atoms with Crippen LogP contribution in [0, 0.1) is 17.8 Å². The Bertz CT molecular complexity index is 797. The van der Waals surface area contributed by atoms with Gasteiger partial charge in [-0.1, -0.05) is 26.8 Å². The van der Waals surface area contributed by atoms with E-state index < -0.39 is 0 Å². The minimum atomic E-state index is -0.351. The van der Waals surface area contributed by atoms with Gasteiger partial charge < -0.3 is 15.0 Å². The summed E-state index contributed by atoms with van der Waals surface area (Å²) in [6, 6.07) is 6.37. The first-order valence-electron chi connectivity index (χ1n) is 9.97. The molecule has 0 bridgehead atoms. The molecule has 6 nitrogen and oxygen atoms in total. The summed E-state index contributed by atoms with van der Waals surface area (Å²) in [5.74, 6) is 1.90. The molecule has 2 saturated carbocycles. The number of nitrogens with one attached hydrogen (secondary N) is 1. The number of nitrogens with zero attached hydrogens (tertiary/aromatic N) is 2. The predicted octanol–water partition coefficient (Wildman–Crippen LogP) is 2.44. The van der Waals surface area contributed by atoms with Crippen molar-refractivity contribution in [2.75, 3.05) is 19.7 Å². The molecule has 1 spiro atoms. The maximum atomic E-state index is 12.8. The van der Waals surface area contributed by atoms with Gasteiger partial charge in [0.15, 0.2) is 0 Å². The number of fused-ring (bicyclic) bond motifs is 1. The van der Waals surface area contributed by atoms with E-state index in [9.17, 15) is 9.59 Å². The van der Waals surface area contributed by atoms with Crippen LogP contribution in [-0.4, -0.2) is 47.1 Å². The molecule has 0 aromatic carbocycles. The van der Waals surface area contributed by atoms with Gasteiger partial charge in [-0.3, -0.25) is 9.78 Å². The van der Waals surface area contributed by atoms with Crippen molar-refractivity contribution in [2.45, 2.75) is 50.5 Å². The highest BCUT2D eigenvalue weighted by Gasteiger charge is 2.60. The van der Waals surface area contributed by atoms with Gasteiger partial charge in [-0.2, -0.15) is 0 Å². The summed E-state index contributed by atoms with van der Waals surface area (Å²) in [5, 5.41) is 2.87. The lowest BCUT2D eigenvalue weighted by Crippen LogP contribution is -2.58. The second-order valence-electron chi connectivity index (χ2n) is 9.88. The number of hydrogen-bond acceptors (Lipinski definition) is 4. The molecule has 2 aliphatic carbocycles. The minimum absolute atomic E-state index is 0.0327. The molecule has 6 heteroatoms. The average Bonchev–Trinajstić information content (AvgIpc) is 2.93. The lowest BCUT2D eigenvalue weighted by molar-refractivity contribution is -0.140. The first-order chi connectivity index (χ1) is 12.8. The lowest BCUT2D eigenvalue weighted by atomic mass is 9.68. The summed E-state index contributed by atoms with van der Waals surface area (Å²) < 4.78 is 5.00. The van der Waals surface area contributed by atoms with Crippen LogP contribution in [0.25, 0.3) is 0 Å². The van der Waals surface area contributed by atoms with Gasteiger partial charge in [0.1, 0.15) is 6.61 Å². The molecule has 4 fully saturated rings. The van der Waals surface area contributed by atoms with E-state index in [0.717, 1.165) is 18.8 Å². The fourth-order valence-corrected chi connectivity index (χ4v) is 5.23. The zero-order valence-corrected chi connectivity index (χ0v) is 16.2. The Morgan fingerprint density at radius 2 is 1.96 bits per heavy atom. The summed E-state index contributed by atoms with van der Waals surface area (Å²) >= 11 is 0. The van der Waals surface area contributed by atoms with E-state index in [2.05, 4.69) is 44.3 Å². The number of amides is 2. The summed E-state index contributed by atoms with van der Waals surface area (Å²) in [5.41, 5.74) is 2.11. The average molecular weight is 369 g/mol. The third-order valence-electron chi connectivity index (χ3n) is 6.86. The first kappa shape index (κ1) is 17.0. The lowest BCUT2D eigenvalue weighted by Gasteiger charge is -2.43. The molecule has 1 aromatic rings. The first-order valence-corrected chi connectivity index (χ1v) is 9.97. The van der Waals surface area contributed by atoms with Crippen molar-refractivity contribution in [1.29, 1.82) is 0 Å². The summed E-state index contributed by atoms with van der Waals surface area (Å²) in [6.07, 6.45) is 1.07. The topological polar surface area (TPSA) is 71.5 Å². The van der Waals surface area contributed by atoms with E-state index in [0.29, 0.717) is 37.2 Å². The molecule has 1 unspecified atom stereocenters. The number of alkyl carbamates (subject to hydrolysis) is 1.